The van der Waals surface area contributed by atoms with Crippen molar-refractivity contribution in [1.29, 1.82) is 0 Å². The van der Waals surface area contributed by atoms with E-state index in [1.54, 1.807) is 59.1 Å². The van der Waals surface area contributed by atoms with Crippen LogP contribution >= 0.6 is 0 Å². The summed E-state index contributed by atoms with van der Waals surface area (Å²) in [6.07, 6.45) is 0.301. The van der Waals surface area contributed by atoms with Crippen molar-refractivity contribution in [1.82, 2.24) is 15.2 Å². The van der Waals surface area contributed by atoms with Crippen LogP contribution in [0.3, 0.4) is 0 Å². The Kier molecular flexibility index (Phi) is 6.62. The minimum absolute atomic E-state index is 0.169. The zero-order valence-electron chi connectivity index (χ0n) is 19.7. The van der Waals surface area contributed by atoms with Gasteiger partial charge in [0.25, 0.3) is 5.91 Å². The van der Waals surface area contributed by atoms with Crippen LogP contribution in [-0.4, -0.2) is 53.3 Å². The molecule has 1 aromatic heterocycles. The summed E-state index contributed by atoms with van der Waals surface area (Å²) >= 11 is 0. The van der Waals surface area contributed by atoms with Crippen molar-refractivity contribution >= 4 is 23.7 Å². The number of carbonyl (C=O) groups excluding carboxylic acids is 4. The number of imide groups is 1. The molecule has 0 bridgehead atoms. The Morgan fingerprint density at radius 1 is 1.12 bits per heavy atom. The minimum atomic E-state index is -1.28. The summed E-state index contributed by atoms with van der Waals surface area (Å²) in [5.41, 5.74) is 0.677. The van der Waals surface area contributed by atoms with Crippen molar-refractivity contribution in [2.24, 2.45) is 0 Å². The first-order chi connectivity index (χ1) is 15.6. The van der Waals surface area contributed by atoms with E-state index in [1.807, 2.05) is 0 Å². The standard InChI is InChI=1S/C24H29N3O6/c1-7-24(16-9-11-17(32-6)12-10-16)22(30)27(23(31)26-24)15(5)20(28)19-13(3)18(14(4)25-19)21(29)33-8-2/h9-12,15,25H,7-8H2,1-6H3,(H,26,31). The van der Waals surface area contributed by atoms with Crippen molar-refractivity contribution in [3.63, 3.8) is 0 Å². The fourth-order valence-corrected chi connectivity index (χ4v) is 4.29. The molecule has 2 N–H and O–H groups in total. The molecule has 1 aliphatic rings. The van der Waals surface area contributed by atoms with E-state index in [9.17, 15) is 19.2 Å². The molecule has 2 unspecified atom stereocenters. The van der Waals surface area contributed by atoms with E-state index in [-0.39, 0.29) is 17.9 Å². The Hall–Kier alpha value is -3.62. The second kappa shape index (κ2) is 9.09. The van der Waals surface area contributed by atoms with E-state index in [2.05, 4.69) is 10.3 Å². The van der Waals surface area contributed by atoms with Crippen LogP contribution in [0.5, 0.6) is 5.75 Å². The van der Waals surface area contributed by atoms with Crippen molar-refractivity contribution in [2.75, 3.05) is 13.7 Å². The van der Waals surface area contributed by atoms with Crippen LogP contribution in [0.4, 0.5) is 4.79 Å². The zero-order valence-corrected chi connectivity index (χ0v) is 19.7. The maximum Gasteiger partial charge on any atom is 0.340 e. The summed E-state index contributed by atoms with van der Waals surface area (Å²) in [7, 11) is 1.54. The van der Waals surface area contributed by atoms with Gasteiger partial charge in [0.05, 0.1) is 25.0 Å². The molecule has 2 atom stereocenters. The molecule has 9 heteroatoms. The number of aromatic nitrogens is 1. The number of hydrogen-bond donors (Lipinski definition) is 2. The molecule has 1 fully saturated rings. The molecule has 1 aliphatic heterocycles. The number of nitrogens with one attached hydrogen (secondary N) is 2. The second-order valence-electron chi connectivity index (χ2n) is 7.98. The first-order valence-electron chi connectivity index (χ1n) is 10.8. The monoisotopic (exact) mass is 455 g/mol. The molecule has 3 amide bonds. The van der Waals surface area contributed by atoms with E-state index in [0.717, 1.165) is 4.90 Å². The van der Waals surface area contributed by atoms with E-state index in [1.165, 1.54) is 6.92 Å². The van der Waals surface area contributed by atoms with Crippen LogP contribution < -0.4 is 10.1 Å². The zero-order chi connectivity index (χ0) is 24.5. The number of benzene rings is 1. The summed E-state index contributed by atoms with van der Waals surface area (Å²) in [5.74, 6) is -0.893. The van der Waals surface area contributed by atoms with Gasteiger partial charge in [-0.1, -0.05) is 19.1 Å². The van der Waals surface area contributed by atoms with E-state index >= 15 is 0 Å². The first kappa shape index (κ1) is 24.0. The smallest absolute Gasteiger partial charge is 0.340 e. The quantitative estimate of drug-likeness (QED) is 0.358. The third-order valence-corrected chi connectivity index (χ3v) is 6.17. The molecule has 2 aromatic rings. The first-order valence-corrected chi connectivity index (χ1v) is 10.8. The number of rotatable bonds is 8. The van der Waals surface area contributed by atoms with E-state index in [0.29, 0.717) is 29.0 Å². The van der Waals surface area contributed by atoms with Gasteiger partial charge in [0.2, 0.25) is 5.78 Å². The molecule has 3 rings (SSSR count). The van der Waals surface area contributed by atoms with Crippen molar-refractivity contribution in [2.45, 2.75) is 52.6 Å². The third kappa shape index (κ3) is 3.88. The van der Waals surface area contributed by atoms with Gasteiger partial charge in [0.15, 0.2) is 0 Å². The maximum absolute atomic E-state index is 13.5. The lowest BCUT2D eigenvalue weighted by atomic mass is 9.87. The number of H-pyrrole nitrogens is 1. The number of aromatic amines is 1. The van der Waals surface area contributed by atoms with Crippen LogP contribution in [0.25, 0.3) is 0 Å². The lowest BCUT2D eigenvalue weighted by Crippen LogP contribution is -2.46. The van der Waals surface area contributed by atoms with E-state index < -0.39 is 35.3 Å². The van der Waals surface area contributed by atoms with E-state index in [4.69, 9.17) is 9.47 Å². The fourth-order valence-electron chi connectivity index (χ4n) is 4.29. The molecule has 2 heterocycles. The molecule has 9 nitrogen and oxygen atoms in total. The third-order valence-electron chi connectivity index (χ3n) is 6.17. The van der Waals surface area contributed by atoms with Gasteiger partial charge in [-0.15, -0.1) is 0 Å². The van der Waals surface area contributed by atoms with Gasteiger partial charge in [-0.05, 0) is 57.4 Å². The Morgan fingerprint density at radius 3 is 2.30 bits per heavy atom. The number of amides is 3. The average Bonchev–Trinajstić information content (AvgIpc) is 3.24. The predicted molar refractivity (Wildman–Crippen MR) is 120 cm³/mol. The van der Waals surface area contributed by atoms with Crippen molar-refractivity contribution in [3.05, 3.63) is 52.3 Å². The Bertz CT molecular complexity index is 1100. The SMILES string of the molecule is CCOC(=O)c1c(C)[nH]c(C(=O)C(C)N2C(=O)NC(CC)(c3ccc(OC)cc3)C2=O)c1C. The number of ketones is 1. The Labute approximate surface area is 192 Å². The largest absolute Gasteiger partial charge is 0.497 e. The van der Waals surface area contributed by atoms with Gasteiger partial charge in [0.1, 0.15) is 17.3 Å². The molecule has 0 radical (unpaired) electrons. The lowest BCUT2D eigenvalue weighted by molar-refractivity contribution is -0.132. The highest BCUT2D eigenvalue weighted by Gasteiger charge is 2.53. The van der Waals surface area contributed by atoms with Crippen LogP contribution in [0.2, 0.25) is 0 Å². The number of Topliss-reactive ketones (excluding diaryl/α,β-unsaturated/α-hetero) is 1. The molecule has 1 saturated heterocycles. The van der Waals surface area contributed by atoms with Crippen molar-refractivity contribution in [3.8, 4) is 5.75 Å². The lowest BCUT2D eigenvalue weighted by Gasteiger charge is -2.27. The topological polar surface area (TPSA) is 118 Å². The summed E-state index contributed by atoms with van der Waals surface area (Å²) in [4.78, 5) is 56.0. The number of aryl methyl sites for hydroxylation is 1. The maximum atomic E-state index is 13.5. The highest BCUT2D eigenvalue weighted by Crippen LogP contribution is 2.35. The van der Waals surface area contributed by atoms with Crippen molar-refractivity contribution < 1.29 is 28.7 Å². The molecule has 1 aromatic carbocycles. The summed E-state index contributed by atoms with van der Waals surface area (Å²) in [6.45, 7) is 8.50. The molecular weight excluding hydrogens is 426 g/mol. The number of esters is 1. The summed E-state index contributed by atoms with van der Waals surface area (Å²) in [5, 5.41) is 2.78. The molecule has 0 spiro atoms. The number of hydrogen-bond acceptors (Lipinski definition) is 6. The predicted octanol–water partition coefficient (Wildman–Crippen LogP) is 3.25. The van der Waals surface area contributed by atoms with Crippen LogP contribution in [-0.2, 0) is 15.1 Å². The Morgan fingerprint density at radius 2 is 1.76 bits per heavy atom. The molecule has 0 saturated carbocycles. The number of nitrogens with zero attached hydrogens (tertiary/aromatic N) is 1. The molecule has 33 heavy (non-hydrogen) atoms. The van der Waals surface area contributed by atoms with Crippen LogP contribution in [0.1, 0.15) is 64.9 Å². The molecular formula is C24H29N3O6. The van der Waals surface area contributed by atoms with Gasteiger partial charge in [0, 0.05) is 5.69 Å². The Balaban J connectivity index is 1.94. The minimum Gasteiger partial charge on any atom is -0.497 e. The molecule has 176 valence electrons. The highest BCUT2D eigenvalue weighted by molar-refractivity contribution is 6.13. The van der Waals surface area contributed by atoms with Gasteiger partial charge >= 0.3 is 12.0 Å². The van der Waals surface area contributed by atoms with Gasteiger partial charge in [-0.2, -0.15) is 0 Å². The van der Waals surface area contributed by atoms with Crippen LogP contribution in [0, 0.1) is 13.8 Å². The number of methoxy groups -OCH3 is 1. The number of ether oxygens (including phenoxy) is 2. The highest BCUT2D eigenvalue weighted by atomic mass is 16.5. The van der Waals surface area contributed by atoms with Crippen LogP contribution in [0.15, 0.2) is 24.3 Å². The van der Waals surface area contributed by atoms with Gasteiger partial charge in [-0.25, -0.2) is 9.59 Å². The average molecular weight is 456 g/mol. The number of carbonyl (C=O) groups is 4. The molecule has 0 aliphatic carbocycles. The summed E-state index contributed by atoms with van der Waals surface area (Å²) in [6, 6.07) is 5.14. The van der Waals surface area contributed by atoms with Gasteiger partial charge in [-0.3, -0.25) is 14.5 Å². The number of urea groups is 1. The second-order valence-corrected chi connectivity index (χ2v) is 7.98. The fraction of sp³-hybridized carbons (Fsp3) is 0.417. The summed E-state index contributed by atoms with van der Waals surface area (Å²) < 4.78 is 10.3. The van der Waals surface area contributed by atoms with Gasteiger partial charge < -0.3 is 19.8 Å². The normalized spacial score (nSPS) is 18.8.